The Morgan fingerprint density at radius 2 is 2.09 bits per heavy atom. The van der Waals surface area contributed by atoms with Gasteiger partial charge in [-0.25, -0.2) is 4.68 Å². The second-order valence-corrected chi connectivity index (χ2v) is 8.91. The molecular formula is C22H28N6O5. The zero-order chi connectivity index (χ0) is 23.2. The number of para-hydroxylation sites is 1. The first-order chi connectivity index (χ1) is 16.0. The number of fused-ring (bicyclic) bond motifs is 2. The van der Waals surface area contributed by atoms with Gasteiger partial charge in [-0.15, -0.1) is 5.10 Å². The lowest BCUT2D eigenvalue weighted by Crippen LogP contribution is -2.55. The third-order valence-electron chi connectivity index (χ3n) is 7.23. The topological polar surface area (TPSA) is 139 Å². The van der Waals surface area contributed by atoms with Crippen LogP contribution in [0.1, 0.15) is 25.7 Å². The van der Waals surface area contributed by atoms with Crippen molar-refractivity contribution >= 4 is 28.8 Å². The maximum absolute atomic E-state index is 13.5. The van der Waals surface area contributed by atoms with E-state index in [0.29, 0.717) is 32.2 Å². The number of nitrogens with zero attached hydrogens (tertiary/aromatic N) is 4. The maximum atomic E-state index is 13.5. The molecular weight excluding hydrogens is 428 g/mol. The minimum Gasteiger partial charge on any atom is -0.396 e. The van der Waals surface area contributed by atoms with Crippen molar-refractivity contribution in [1.82, 2.24) is 30.5 Å². The number of amides is 3. The average molecular weight is 457 g/mol. The predicted molar refractivity (Wildman–Crippen MR) is 115 cm³/mol. The van der Waals surface area contributed by atoms with Gasteiger partial charge in [0.2, 0.25) is 17.7 Å². The summed E-state index contributed by atoms with van der Waals surface area (Å²) in [6.45, 7) is 0.417. The number of ether oxygens (including phenoxy) is 1. The molecule has 3 amide bonds. The van der Waals surface area contributed by atoms with Gasteiger partial charge in [-0.3, -0.25) is 14.4 Å². The number of carbonyl (C=O) groups excluding carboxylic acids is 3. The standard InChI is InChI=1S/C22H28N6O5/c1-23-19(30)16-15-8-9-22(33-15)17(16)21(32)27(10-4-5-11-29)18(22)20(31)24-12-28-14-7-3-2-6-13(14)25-26-28/h2-3,6-7,15-18,29H,4-5,8-12H2,1H3,(H,23,30)(H,24,31)/t15-,16+,17-,18?,22?/m0/s1. The Kier molecular flexibility index (Phi) is 5.53. The number of aromatic nitrogens is 3. The Morgan fingerprint density at radius 1 is 1.27 bits per heavy atom. The normalized spacial score (nSPS) is 30.1. The molecule has 0 radical (unpaired) electrons. The molecule has 1 aromatic heterocycles. The van der Waals surface area contributed by atoms with Gasteiger partial charge < -0.3 is 25.4 Å². The van der Waals surface area contributed by atoms with Crippen molar-refractivity contribution in [3.05, 3.63) is 24.3 Å². The molecule has 11 nitrogen and oxygen atoms in total. The smallest absolute Gasteiger partial charge is 0.247 e. The molecule has 4 heterocycles. The number of aliphatic hydroxyl groups is 1. The summed E-state index contributed by atoms with van der Waals surface area (Å²) < 4.78 is 7.89. The van der Waals surface area contributed by atoms with Gasteiger partial charge in [-0.1, -0.05) is 17.3 Å². The Balaban J connectivity index is 1.42. The minimum absolute atomic E-state index is 0.00623. The lowest BCUT2D eigenvalue weighted by Gasteiger charge is -2.33. The Hall–Kier alpha value is -3.05. The van der Waals surface area contributed by atoms with E-state index in [1.807, 2.05) is 24.3 Å². The first kappa shape index (κ1) is 21.8. The summed E-state index contributed by atoms with van der Waals surface area (Å²) in [6, 6.07) is 6.60. The second-order valence-electron chi connectivity index (χ2n) is 8.91. The van der Waals surface area contributed by atoms with Crippen LogP contribution in [0.5, 0.6) is 0 Å². The van der Waals surface area contributed by atoms with Crippen LogP contribution in [0.4, 0.5) is 0 Å². The number of likely N-dealkylation sites (tertiary alicyclic amines) is 1. The molecule has 3 N–H and O–H groups in total. The molecule has 3 aliphatic heterocycles. The van der Waals surface area contributed by atoms with Crippen molar-refractivity contribution in [3.8, 4) is 0 Å². The molecule has 11 heteroatoms. The van der Waals surface area contributed by atoms with Crippen LogP contribution >= 0.6 is 0 Å². The highest BCUT2D eigenvalue weighted by molar-refractivity contribution is 5.98. The van der Waals surface area contributed by atoms with Crippen LogP contribution in [0.25, 0.3) is 11.0 Å². The molecule has 2 unspecified atom stereocenters. The summed E-state index contributed by atoms with van der Waals surface area (Å²) in [6.07, 6.45) is 1.87. The fraction of sp³-hybridized carbons (Fsp3) is 0.591. The molecule has 176 valence electrons. The van der Waals surface area contributed by atoms with Crippen molar-refractivity contribution in [1.29, 1.82) is 0 Å². The van der Waals surface area contributed by atoms with Crippen molar-refractivity contribution in [2.75, 3.05) is 20.2 Å². The molecule has 3 fully saturated rings. The van der Waals surface area contributed by atoms with Gasteiger partial charge in [0, 0.05) is 20.2 Å². The zero-order valence-electron chi connectivity index (χ0n) is 18.4. The molecule has 2 bridgehead atoms. The third-order valence-corrected chi connectivity index (χ3v) is 7.23. The SMILES string of the molecule is CNC(=O)[C@@H]1[C@@H]2CCC3(O2)C(C(=O)NCn2nnc4ccccc42)N(CCCCO)C(=O)[C@H]13. The Labute approximate surface area is 190 Å². The first-order valence-electron chi connectivity index (χ1n) is 11.4. The number of nitrogens with one attached hydrogen (secondary N) is 2. The van der Waals surface area contributed by atoms with Gasteiger partial charge in [0.15, 0.2) is 0 Å². The van der Waals surface area contributed by atoms with E-state index in [0.717, 1.165) is 11.0 Å². The number of rotatable bonds is 8. The van der Waals surface area contributed by atoms with E-state index in [1.165, 1.54) is 0 Å². The zero-order valence-corrected chi connectivity index (χ0v) is 18.4. The number of aliphatic hydroxyl groups excluding tert-OH is 1. The van der Waals surface area contributed by atoms with Crippen LogP contribution in [0.3, 0.4) is 0 Å². The van der Waals surface area contributed by atoms with Gasteiger partial charge in [-0.05, 0) is 37.8 Å². The van der Waals surface area contributed by atoms with E-state index in [4.69, 9.17) is 4.74 Å². The summed E-state index contributed by atoms with van der Waals surface area (Å²) in [5.74, 6) is -2.09. The van der Waals surface area contributed by atoms with E-state index in [-0.39, 0.29) is 37.1 Å². The first-order valence-corrected chi connectivity index (χ1v) is 11.4. The van der Waals surface area contributed by atoms with E-state index in [2.05, 4.69) is 20.9 Å². The van der Waals surface area contributed by atoms with Crippen LogP contribution in [-0.4, -0.2) is 80.7 Å². The molecule has 5 rings (SSSR count). The summed E-state index contributed by atoms with van der Waals surface area (Å²) in [5.41, 5.74) is 0.485. The van der Waals surface area contributed by atoms with Gasteiger partial charge in [0.05, 0.1) is 23.5 Å². The second kappa shape index (κ2) is 8.38. The molecule has 2 aromatic rings. The van der Waals surface area contributed by atoms with E-state index in [1.54, 1.807) is 16.6 Å². The summed E-state index contributed by atoms with van der Waals surface area (Å²) in [5, 5.41) is 23.0. The Morgan fingerprint density at radius 3 is 2.88 bits per heavy atom. The van der Waals surface area contributed by atoms with Crippen molar-refractivity contribution in [2.45, 2.75) is 50.1 Å². The van der Waals surface area contributed by atoms with Crippen molar-refractivity contribution < 1.29 is 24.2 Å². The molecule has 1 aromatic carbocycles. The molecule has 33 heavy (non-hydrogen) atoms. The fourth-order valence-corrected chi connectivity index (χ4v) is 5.84. The van der Waals surface area contributed by atoms with Crippen LogP contribution < -0.4 is 10.6 Å². The monoisotopic (exact) mass is 456 g/mol. The Bertz CT molecular complexity index is 1090. The third kappa shape index (κ3) is 3.29. The number of unbranched alkanes of at least 4 members (excludes halogenated alkanes) is 1. The summed E-state index contributed by atoms with van der Waals surface area (Å²) in [4.78, 5) is 41.2. The maximum Gasteiger partial charge on any atom is 0.247 e. The highest BCUT2D eigenvalue weighted by Crippen LogP contribution is 2.58. The molecule has 0 aliphatic carbocycles. The van der Waals surface area contributed by atoms with Crippen LogP contribution in [0.2, 0.25) is 0 Å². The quantitative estimate of drug-likeness (QED) is 0.451. The highest BCUT2D eigenvalue weighted by atomic mass is 16.5. The number of carbonyl (C=O) groups is 3. The van der Waals surface area contributed by atoms with Crippen LogP contribution in [0.15, 0.2) is 24.3 Å². The summed E-state index contributed by atoms with van der Waals surface area (Å²) >= 11 is 0. The average Bonchev–Trinajstić information content (AvgIpc) is 3.57. The molecule has 3 saturated heterocycles. The van der Waals surface area contributed by atoms with Gasteiger partial charge >= 0.3 is 0 Å². The predicted octanol–water partition coefficient (Wildman–Crippen LogP) is -0.602. The molecule has 3 aliphatic rings. The molecule has 1 spiro atoms. The van der Waals surface area contributed by atoms with Gasteiger partial charge in [-0.2, -0.15) is 0 Å². The minimum atomic E-state index is -1.02. The van der Waals surface area contributed by atoms with Gasteiger partial charge in [0.1, 0.15) is 23.8 Å². The van der Waals surface area contributed by atoms with E-state index < -0.39 is 23.5 Å². The highest BCUT2D eigenvalue weighted by Gasteiger charge is 2.74. The van der Waals surface area contributed by atoms with E-state index >= 15 is 0 Å². The molecule has 0 saturated carbocycles. The van der Waals surface area contributed by atoms with Gasteiger partial charge in [0.25, 0.3) is 0 Å². The number of benzene rings is 1. The number of hydrogen-bond acceptors (Lipinski definition) is 7. The summed E-state index contributed by atoms with van der Waals surface area (Å²) in [7, 11) is 1.55. The fourth-order valence-electron chi connectivity index (χ4n) is 5.84. The van der Waals surface area contributed by atoms with Crippen LogP contribution in [-0.2, 0) is 25.8 Å². The molecule has 5 atom stereocenters. The number of hydrogen-bond donors (Lipinski definition) is 3. The van der Waals surface area contributed by atoms with Crippen molar-refractivity contribution in [2.24, 2.45) is 11.8 Å². The van der Waals surface area contributed by atoms with Crippen molar-refractivity contribution in [3.63, 3.8) is 0 Å². The largest absolute Gasteiger partial charge is 0.396 e. The lowest BCUT2D eigenvalue weighted by atomic mass is 9.70. The van der Waals surface area contributed by atoms with Crippen LogP contribution in [0, 0.1) is 11.8 Å². The lowest BCUT2D eigenvalue weighted by molar-refractivity contribution is -0.142. The van der Waals surface area contributed by atoms with E-state index in [9.17, 15) is 19.5 Å².